The summed E-state index contributed by atoms with van der Waals surface area (Å²) < 4.78 is 23.9. The van der Waals surface area contributed by atoms with Crippen LogP contribution in [0.3, 0.4) is 0 Å². The first kappa shape index (κ1) is 12.3. The van der Waals surface area contributed by atoms with Gasteiger partial charge in [0.25, 0.3) is 0 Å². The van der Waals surface area contributed by atoms with Crippen LogP contribution in [-0.2, 0) is 6.61 Å². The third kappa shape index (κ3) is 2.40. The van der Waals surface area contributed by atoms with E-state index in [1.165, 1.54) is 12.1 Å². The average molecular weight is 249 g/mol. The molecular weight excluding hydrogens is 237 g/mol. The summed E-state index contributed by atoms with van der Waals surface area (Å²) in [5.74, 6) is 0.185. The van der Waals surface area contributed by atoms with Gasteiger partial charge in [0.05, 0.1) is 11.3 Å². The molecule has 0 atom stereocenters. The molecule has 2 rings (SSSR count). The molecule has 94 valence electrons. The van der Waals surface area contributed by atoms with Crippen LogP contribution in [0.5, 0.6) is 5.75 Å². The topological polar surface area (TPSA) is 52.3 Å². The molecule has 0 saturated heterocycles. The zero-order valence-electron chi connectivity index (χ0n) is 10.1. The second-order valence-corrected chi connectivity index (χ2v) is 3.90. The van der Waals surface area contributed by atoms with Gasteiger partial charge in [-0.15, -0.1) is 0 Å². The normalized spacial score (nSPS) is 10.4. The second-order valence-electron chi connectivity index (χ2n) is 3.90. The second kappa shape index (κ2) is 5.00. The van der Waals surface area contributed by atoms with E-state index in [2.05, 4.69) is 5.16 Å². The van der Waals surface area contributed by atoms with E-state index in [4.69, 9.17) is 9.26 Å². The van der Waals surface area contributed by atoms with Gasteiger partial charge in [-0.3, -0.25) is 4.79 Å². The van der Waals surface area contributed by atoms with Gasteiger partial charge < -0.3 is 9.26 Å². The molecule has 0 aliphatic carbocycles. The van der Waals surface area contributed by atoms with E-state index in [1.54, 1.807) is 13.8 Å². The van der Waals surface area contributed by atoms with Crippen LogP contribution in [0.4, 0.5) is 4.39 Å². The third-order valence-corrected chi connectivity index (χ3v) is 2.65. The lowest BCUT2D eigenvalue weighted by atomic mass is 10.2. The van der Waals surface area contributed by atoms with Crippen LogP contribution >= 0.6 is 0 Å². The predicted octanol–water partition coefficient (Wildman–Crippen LogP) is 2.82. The highest BCUT2D eigenvalue weighted by Crippen LogP contribution is 2.21. The number of aldehydes is 1. The fourth-order valence-corrected chi connectivity index (χ4v) is 1.57. The largest absolute Gasteiger partial charge is 0.486 e. The Hall–Kier alpha value is -2.17. The number of benzene rings is 1. The van der Waals surface area contributed by atoms with Gasteiger partial charge in [0.1, 0.15) is 18.7 Å². The maximum Gasteiger partial charge on any atom is 0.165 e. The summed E-state index contributed by atoms with van der Waals surface area (Å²) >= 11 is 0. The molecule has 0 bridgehead atoms. The van der Waals surface area contributed by atoms with Gasteiger partial charge in [0.15, 0.2) is 11.6 Å². The summed E-state index contributed by atoms with van der Waals surface area (Å²) in [5.41, 5.74) is 1.79. The zero-order valence-corrected chi connectivity index (χ0v) is 10.1. The highest BCUT2D eigenvalue weighted by atomic mass is 19.1. The number of nitrogens with zero attached hydrogens (tertiary/aromatic N) is 1. The van der Waals surface area contributed by atoms with Gasteiger partial charge in [0.2, 0.25) is 0 Å². The average Bonchev–Trinajstić information content (AvgIpc) is 2.68. The van der Waals surface area contributed by atoms with E-state index >= 15 is 0 Å². The summed E-state index contributed by atoms with van der Waals surface area (Å²) in [6.07, 6.45) is 0.584. The van der Waals surface area contributed by atoms with Crippen LogP contribution in [0.2, 0.25) is 0 Å². The molecule has 0 saturated carbocycles. The highest BCUT2D eigenvalue weighted by molar-refractivity contribution is 5.74. The Balaban J connectivity index is 2.13. The number of hydrogen-bond acceptors (Lipinski definition) is 4. The molecule has 0 radical (unpaired) electrons. The lowest BCUT2D eigenvalue weighted by molar-refractivity contribution is 0.112. The molecule has 0 aliphatic rings. The van der Waals surface area contributed by atoms with Crippen molar-refractivity contribution in [1.82, 2.24) is 5.16 Å². The number of aromatic nitrogens is 1. The Morgan fingerprint density at radius 3 is 2.78 bits per heavy atom. The van der Waals surface area contributed by atoms with Crippen LogP contribution in [0, 0.1) is 19.7 Å². The Morgan fingerprint density at radius 2 is 2.22 bits per heavy atom. The Labute approximate surface area is 103 Å². The summed E-state index contributed by atoms with van der Waals surface area (Å²) in [7, 11) is 0. The van der Waals surface area contributed by atoms with Crippen LogP contribution in [-0.4, -0.2) is 11.4 Å². The molecule has 2 aromatic rings. The first-order valence-corrected chi connectivity index (χ1v) is 5.41. The number of carbonyl (C=O) groups is 1. The van der Waals surface area contributed by atoms with Gasteiger partial charge >= 0.3 is 0 Å². The zero-order chi connectivity index (χ0) is 13.1. The fourth-order valence-electron chi connectivity index (χ4n) is 1.57. The van der Waals surface area contributed by atoms with Crippen molar-refractivity contribution in [2.45, 2.75) is 20.5 Å². The van der Waals surface area contributed by atoms with Crippen LogP contribution in [0.15, 0.2) is 22.7 Å². The monoisotopic (exact) mass is 249 g/mol. The lowest BCUT2D eigenvalue weighted by Crippen LogP contribution is -2.00. The number of ether oxygens (including phenoxy) is 1. The minimum absolute atomic E-state index is 0.0978. The van der Waals surface area contributed by atoms with Gasteiger partial charge in [-0.25, -0.2) is 4.39 Å². The molecular formula is C13H12FNO3. The molecule has 0 fully saturated rings. The number of halogens is 1. The maximum absolute atomic E-state index is 13.5. The summed E-state index contributed by atoms with van der Waals surface area (Å²) in [5, 5.41) is 3.78. The number of hydrogen-bond donors (Lipinski definition) is 0. The molecule has 1 aromatic heterocycles. The highest BCUT2D eigenvalue weighted by Gasteiger charge is 2.11. The van der Waals surface area contributed by atoms with Crippen molar-refractivity contribution in [3.8, 4) is 5.75 Å². The number of rotatable bonds is 4. The number of aryl methyl sites for hydroxylation is 2. The minimum atomic E-state index is -0.564. The van der Waals surface area contributed by atoms with Crippen molar-refractivity contribution in [2.24, 2.45) is 0 Å². The van der Waals surface area contributed by atoms with Crippen molar-refractivity contribution in [1.29, 1.82) is 0 Å². The quantitative estimate of drug-likeness (QED) is 0.782. The number of carbonyl (C=O) groups excluding carboxylic acids is 1. The molecule has 18 heavy (non-hydrogen) atoms. The SMILES string of the molecule is Cc1noc(C)c1COc1ccc(C=O)cc1F. The lowest BCUT2D eigenvalue weighted by Gasteiger charge is -2.07. The van der Waals surface area contributed by atoms with E-state index in [9.17, 15) is 9.18 Å². The molecule has 1 heterocycles. The van der Waals surface area contributed by atoms with Gasteiger partial charge in [-0.05, 0) is 32.0 Å². The first-order valence-electron chi connectivity index (χ1n) is 5.41. The van der Waals surface area contributed by atoms with Gasteiger partial charge in [-0.1, -0.05) is 5.16 Å². The molecule has 0 unspecified atom stereocenters. The Kier molecular flexibility index (Phi) is 3.41. The molecule has 0 amide bonds. The van der Waals surface area contributed by atoms with Crippen molar-refractivity contribution in [3.05, 3.63) is 46.6 Å². The molecule has 0 aliphatic heterocycles. The van der Waals surface area contributed by atoms with E-state index < -0.39 is 5.82 Å². The Bertz CT molecular complexity index is 558. The molecule has 0 N–H and O–H groups in total. The van der Waals surface area contributed by atoms with Gasteiger partial charge in [0, 0.05) is 5.56 Å². The Morgan fingerprint density at radius 1 is 1.44 bits per heavy atom. The standard InChI is InChI=1S/C13H12FNO3/c1-8-11(9(2)18-15-8)7-17-13-4-3-10(6-16)5-12(13)14/h3-6H,7H2,1-2H3. The van der Waals surface area contributed by atoms with E-state index in [0.717, 1.165) is 17.3 Å². The summed E-state index contributed by atoms with van der Waals surface area (Å²) in [6, 6.07) is 4.06. The fraction of sp³-hybridized carbons (Fsp3) is 0.231. The van der Waals surface area contributed by atoms with Crippen molar-refractivity contribution < 1.29 is 18.4 Å². The van der Waals surface area contributed by atoms with E-state index in [0.29, 0.717) is 12.0 Å². The summed E-state index contributed by atoms with van der Waals surface area (Å²) in [4.78, 5) is 10.5. The first-order chi connectivity index (χ1) is 8.61. The molecule has 0 spiro atoms. The van der Waals surface area contributed by atoms with Crippen LogP contribution < -0.4 is 4.74 Å². The van der Waals surface area contributed by atoms with Gasteiger partial charge in [-0.2, -0.15) is 0 Å². The van der Waals surface area contributed by atoms with E-state index in [-0.39, 0.29) is 17.9 Å². The third-order valence-electron chi connectivity index (χ3n) is 2.65. The minimum Gasteiger partial charge on any atom is -0.486 e. The van der Waals surface area contributed by atoms with Crippen LogP contribution in [0.25, 0.3) is 0 Å². The smallest absolute Gasteiger partial charge is 0.165 e. The van der Waals surface area contributed by atoms with Crippen LogP contribution in [0.1, 0.15) is 27.4 Å². The van der Waals surface area contributed by atoms with Crippen molar-refractivity contribution in [3.63, 3.8) is 0 Å². The van der Waals surface area contributed by atoms with E-state index in [1.807, 2.05) is 0 Å². The summed E-state index contributed by atoms with van der Waals surface area (Å²) in [6.45, 7) is 3.74. The molecule has 1 aromatic carbocycles. The molecule has 5 heteroatoms. The predicted molar refractivity (Wildman–Crippen MR) is 62.1 cm³/mol. The maximum atomic E-state index is 13.5. The van der Waals surface area contributed by atoms with Crippen molar-refractivity contribution in [2.75, 3.05) is 0 Å². The van der Waals surface area contributed by atoms with Crippen molar-refractivity contribution >= 4 is 6.29 Å². The molecule has 4 nitrogen and oxygen atoms in total.